The third-order valence-electron chi connectivity index (χ3n) is 3.04. The molecule has 4 nitrogen and oxygen atoms in total. The average molecular weight is 227 g/mol. The molecule has 1 aliphatic heterocycles. The van der Waals surface area contributed by atoms with Crippen LogP contribution in [-0.2, 0) is 4.74 Å². The lowest BCUT2D eigenvalue weighted by Crippen LogP contribution is -2.50. The predicted octanol–water partition coefficient (Wildman–Crippen LogP) is 2.71. The second-order valence-corrected chi connectivity index (χ2v) is 5.32. The molecule has 16 heavy (non-hydrogen) atoms. The third kappa shape index (κ3) is 2.90. The van der Waals surface area contributed by atoms with E-state index in [2.05, 4.69) is 20.8 Å². The van der Waals surface area contributed by atoms with Crippen molar-refractivity contribution in [1.82, 2.24) is 4.90 Å². The largest absolute Gasteiger partial charge is 0.504 e. The highest BCUT2D eigenvalue weighted by Crippen LogP contribution is 2.34. The number of carboxylic acid groups (broad SMARTS) is 1. The molecule has 1 rings (SSSR count). The van der Waals surface area contributed by atoms with E-state index in [0.717, 1.165) is 12.8 Å². The van der Waals surface area contributed by atoms with Crippen LogP contribution in [0, 0.1) is 5.41 Å². The van der Waals surface area contributed by atoms with Crippen LogP contribution in [0.3, 0.4) is 0 Å². The summed E-state index contributed by atoms with van der Waals surface area (Å²) in [5.41, 5.74) is 1.14. The Bertz CT molecular complexity index is 291. The quantitative estimate of drug-likeness (QED) is 0.701. The van der Waals surface area contributed by atoms with E-state index in [0.29, 0.717) is 6.54 Å². The number of hydrogen-bond donors (Lipinski definition) is 1. The van der Waals surface area contributed by atoms with E-state index in [1.807, 2.05) is 0 Å². The normalized spacial score (nSPS) is 24.6. The molecule has 92 valence electrons. The number of ether oxygens (including phenoxy) is 1. The van der Waals surface area contributed by atoms with E-state index in [4.69, 9.17) is 9.84 Å². The second-order valence-electron chi connectivity index (χ2n) is 5.32. The number of piperidine rings is 1. The van der Waals surface area contributed by atoms with Crippen molar-refractivity contribution in [2.75, 3.05) is 13.7 Å². The van der Waals surface area contributed by atoms with Crippen LogP contribution in [0.15, 0.2) is 11.8 Å². The molecule has 4 heteroatoms. The Labute approximate surface area is 96.9 Å². The smallest absolute Gasteiger partial charge is 0.407 e. The Hall–Kier alpha value is -1.19. The molecule has 1 N–H and O–H groups in total. The molecule has 0 spiro atoms. The van der Waals surface area contributed by atoms with E-state index < -0.39 is 6.09 Å². The van der Waals surface area contributed by atoms with Gasteiger partial charge in [-0.05, 0) is 23.8 Å². The van der Waals surface area contributed by atoms with Gasteiger partial charge in [-0.25, -0.2) is 4.79 Å². The van der Waals surface area contributed by atoms with Crippen LogP contribution in [0.1, 0.15) is 33.6 Å². The summed E-state index contributed by atoms with van der Waals surface area (Å²) in [6.07, 6.45) is 2.46. The van der Waals surface area contributed by atoms with Crippen LogP contribution >= 0.6 is 0 Å². The molecule has 1 unspecified atom stereocenters. The Balaban J connectivity index is 2.86. The molecule has 0 aromatic carbocycles. The molecule has 1 aliphatic rings. The predicted molar refractivity (Wildman–Crippen MR) is 62.3 cm³/mol. The van der Waals surface area contributed by atoms with Crippen molar-refractivity contribution >= 4 is 6.09 Å². The number of hydrogen-bond acceptors (Lipinski definition) is 2. The zero-order valence-electron chi connectivity index (χ0n) is 10.5. The van der Waals surface area contributed by atoms with Crippen molar-refractivity contribution < 1.29 is 14.6 Å². The molecule has 0 bridgehead atoms. The number of methoxy groups -OCH3 is 1. The molecular weight excluding hydrogens is 206 g/mol. The van der Waals surface area contributed by atoms with E-state index >= 15 is 0 Å². The average Bonchev–Trinajstić information content (AvgIpc) is 2.16. The minimum absolute atomic E-state index is 0.0279. The highest BCUT2D eigenvalue weighted by atomic mass is 16.5. The van der Waals surface area contributed by atoms with Crippen molar-refractivity contribution in [2.24, 2.45) is 5.41 Å². The lowest BCUT2D eigenvalue weighted by molar-refractivity contribution is 0.0710. The lowest BCUT2D eigenvalue weighted by atomic mass is 9.79. The lowest BCUT2D eigenvalue weighted by Gasteiger charge is -2.42. The summed E-state index contributed by atoms with van der Waals surface area (Å²) in [5.74, 6) is 0. The molecule has 1 amide bonds. The first kappa shape index (κ1) is 12.9. The van der Waals surface area contributed by atoms with Gasteiger partial charge in [0.15, 0.2) is 0 Å². The van der Waals surface area contributed by atoms with Gasteiger partial charge in [-0.2, -0.15) is 0 Å². The highest BCUT2D eigenvalue weighted by Gasteiger charge is 2.36. The Morgan fingerprint density at radius 1 is 1.56 bits per heavy atom. The highest BCUT2D eigenvalue weighted by molar-refractivity contribution is 5.66. The zero-order chi connectivity index (χ0) is 12.3. The number of rotatable bonds is 1. The number of nitrogens with zero attached hydrogens (tertiary/aromatic N) is 1. The SMILES string of the molecule is CO/C=C1/CCN(C(=O)O)C(C(C)(C)C)C1. The molecule has 1 atom stereocenters. The van der Waals surface area contributed by atoms with Crippen LogP contribution in [-0.4, -0.2) is 35.8 Å². The van der Waals surface area contributed by atoms with Crippen molar-refractivity contribution in [2.45, 2.75) is 39.7 Å². The summed E-state index contributed by atoms with van der Waals surface area (Å²) in [7, 11) is 1.63. The molecule has 1 saturated heterocycles. The van der Waals surface area contributed by atoms with Crippen molar-refractivity contribution in [3.05, 3.63) is 11.8 Å². The van der Waals surface area contributed by atoms with Gasteiger partial charge in [-0.3, -0.25) is 0 Å². The van der Waals surface area contributed by atoms with Crippen molar-refractivity contribution in [3.63, 3.8) is 0 Å². The first-order chi connectivity index (χ1) is 7.36. The fourth-order valence-electron chi connectivity index (χ4n) is 2.16. The topological polar surface area (TPSA) is 49.8 Å². The molecule has 0 saturated carbocycles. The van der Waals surface area contributed by atoms with Crippen LogP contribution in [0.2, 0.25) is 0 Å². The summed E-state index contributed by atoms with van der Waals surface area (Å²) in [6, 6.07) is 0.0279. The number of carbonyl (C=O) groups is 1. The van der Waals surface area contributed by atoms with Gasteiger partial charge in [0.2, 0.25) is 0 Å². The minimum Gasteiger partial charge on any atom is -0.504 e. The monoisotopic (exact) mass is 227 g/mol. The van der Waals surface area contributed by atoms with Gasteiger partial charge in [-0.1, -0.05) is 20.8 Å². The molecule has 0 aliphatic carbocycles. The Kier molecular flexibility index (Phi) is 3.83. The minimum atomic E-state index is -0.823. The first-order valence-corrected chi connectivity index (χ1v) is 5.56. The summed E-state index contributed by atoms with van der Waals surface area (Å²) < 4.78 is 5.01. The second kappa shape index (κ2) is 4.76. The summed E-state index contributed by atoms with van der Waals surface area (Å²) in [4.78, 5) is 12.7. The molecule has 0 aromatic heterocycles. The fourth-order valence-corrected chi connectivity index (χ4v) is 2.16. The van der Waals surface area contributed by atoms with Gasteiger partial charge in [0, 0.05) is 12.6 Å². The van der Waals surface area contributed by atoms with Crippen LogP contribution < -0.4 is 0 Å². The Morgan fingerprint density at radius 2 is 2.19 bits per heavy atom. The van der Waals surface area contributed by atoms with Gasteiger partial charge in [0.05, 0.1) is 13.4 Å². The summed E-state index contributed by atoms with van der Waals surface area (Å²) in [5, 5.41) is 9.16. The van der Waals surface area contributed by atoms with E-state index in [-0.39, 0.29) is 11.5 Å². The standard InChI is InChI=1S/C12H21NO3/c1-12(2,3)10-7-9(8-16-4)5-6-13(10)11(14)15/h8,10H,5-7H2,1-4H3,(H,14,15)/b9-8-. The van der Waals surface area contributed by atoms with Crippen LogP contribution in [0.5, 0.6) is 0 Å². The first-order valence-electron chi connectivity index (χ1n) is 5.56. The summed E-state index contributed by atoms with van der Waals surface area (Å²) in [6.45, 7) is 6.78. The van der Waals surface area contributed by atoms with Crippen molar-refractivity contribution in [3.8, 4) is 0 Å². The Morgan fingerprint density at radius 3 is 2.62 bits per heavy atom. The van der Waals surface area contributed by atoms with Gasteiger partial charge in [0.25, 0.3) is 0 Å². The van der Waals surface area contributed by atoms with Gasteiger partial charge in [0.1, 0.15) is 0 Å². The van der Waals surface area contributed by atoms with Crippen LogP contribution in [0.25, 0.3) is 0 Å². The van der Waals surface area contributed by atoms with Gasteiger partial charge >= 0.3 is 6.09 Å². The van der Waals surface area contributed by atoms with E-state index in [1.54, 1.807) is 18.3 Å². The molecule has 1 fully saturated rings. The van der Waals surface area contributed by atoms with E-state index in [1.165, 1.54) is 5.57 Å². The maximum Gasteiger partial charge on any atom is 0.407 e. The maximum atomic E-state index is 11.2. The molecule has 1 heterocycles. The van der Waals surface area contributed by atoms with Crippen LogP contribution in [0.4, 0.5) is 4.79 Å². The van der Waals surface area contributed by atoms with E-state index in [9.17, 15) is 4.79 Å². The third-order valence-corrected chi connectivity index (χ3v) is 3.04. The molecule has 0 aromatic rings. The number of amides is 1. The van der Waals surface area contributed by atoms with Gasteiger partial charge < -0.3 is 14.7 Å². The van der Waals surface area contributed by atoms with Crippen molar-refractivity contribution in [1.29, 1.82) is 0 Å². The van der Waals surface area contributed by atoms with Gasteiger partial charge in [-0.15, -0.1) is 0 Å². The maximum absolute atomic E-state index is 11.2. The zero-order valence-corrected chi connectivity index (χ0v) is 10.5. The molecule has 0 radical (unpaired) electrons. The fraction of sp³-hybridized carbons (Fsp3) is 0.750. The summed E-state index contributed by atoms with van der Waals surface area (Å²) >= 11 is 0. The number of likely N-dealkylation sites (tertiary alicyclic amines) is 1. The molecular formula is C12H21NO3.